The van der Waals surface area contributed by atoms with Crippen LogP contribution in [0.2, 0.25) is 5.02 Å². The number of halogens is 1. The summed E-state index contributed by atoms with van der Waals surface area (Å²) in [7, 11) is 0. The molecule has 0 amide bonds. The number of pyridine rings is 1. The highest BCUT2D eigenvalue weighted by Gasteiger charge is 2.12. The van der Waals surface area contributed by atoms with Gasteiger partial charge in [-0.05, 0) is 55.0 Å². The van der Waals surface area contributed by atoms with E-state index in [-0.39, 0.29) is 0 Å². The molecule has 23 heavy (non-hydrogen) atoms. The fraction of sp³-hybridized carbons (Fsp3) is 0.188. The third kappa shape index (κ3) is 5.19. The molecular formula is C16H16ClN3O2S. The zero-order valence-corrected chi connectivity index (χ0v) is 14.1. The molecule has 0 aliphatic rings. The number of benzene rings is 1. The second-order valence-electron chi connectivity index (χ2n) is 4.58. The number of ether oxygens (including phenoxy) is 1. The Morgan fingerprint density at radius 1 is 1.30 bits per heavy atom. The Hall–Kier alpha value is -2.18. The van der Waals surface area contributed by atoms with Crippen molar-refractivity contribution in [1.29, 1.82) is 0 Å². The third-order valence-corrected chi connectivity index (χ3v) is 3.50. The molecule has 120 valence electrons. The Morgan fingerprint density at radius 3 is 2.74 bits per heavy atom. The molecule has 5 nitrogen and oxygen atoms in total. The summed E-state index contributed by atoms with van der Waals surface area (Å²) in [4.78, 5) is 15.8. The van der Waals surface area contributed by atoms with E-state index in [1.807, 2.05) is 12.1 Å². The van der Waals surface area contributed by atoms with E-state index in [0.29, 0.717) is 34.5 Å². The molecule has 1 aromatic carbocycles. The molecule has 2 rings (SSSR count). The number of nitrogens with zero attached hydrogens (tertiary/aromatic N) is 1. The first-order valence-electron chi connectivity index (χ1n) is 7.00. The molecule has 1 aromatic heterocycles. The smallest absolute Gasteiger partial charge is 0.339 e. The van der Waals surface area contributed by atoms with Gasteiger partial charge in [-0.15, -0.1) is 0 Å². The molecule has 0 radical (unpaired) electrons. The van der Waals surface area contributed by atoms with Crippen molar-refractivity contribution in [2.45, 2.75) is 13.5 Å². The Labute approximate surface area is 145 Å². The van der Waals surface area contributed by atoms with Crippen LogP contribution in [0.1, 0.15) is 22.8 Å². The lowest BCUT2D eigenvalue weighted by atomic mass is 10.2. The standard InChI is InChI=1S/C16H16ClN3O2S/c1-2-22-15(21)13-9-12(3-4-14(13)17)20-16(23)19-10-11-5-7-18-8-6-11/h3-9H,2,10H2,1H3,(H2,19,20,23). The van der Waals surface area contributed by atoms with Gasteiger partial charge in [0.05, 0.1) is 17.2 Å². The van der Waals surface area contributed by atoms with Gasteiger partial charge in [0, 0.05) is 24.6 Å². The number of nitrogens with one attached hydrogen (secondary N) is 2. The van der Waals surface area contributed by atoms with Crippen LogP contribution in [0.5, 0.6) is 0 Å². The van der Waals surface area contributed by atoms with Gasteiger partial charge in [-0.25, -0.2) is 4.79 Å². The normalized spacial score (nSPS) is 10.0. The van der Waals surface area contributed by atoms with Crippen molar-refractivity contribution < 1.29 is 9.53 Å². The van der Waals surface area contributed by atoms with Gasteiger partial charge in [0.15, 0.2) is 5.11 Å². The monoisotopic (exact) mass is 349 g/mol. The van der Waals surface area contributed by atoms with Crippen LogP contribution in [0.3, 0.4) is 0 Å². The maximum atomic E-state index is 11.8. The molecule has 0 bridgehead atoms. The fourth-order valence-electron chi connectivity index (χ4n) is 1.83. The summed E-state index contributed by atoms with van der Waals surface area (Å²) >= 11 is 11.3. The highest BCUT2D eigenvalue weighted by Crippen LogP contribution is 2.21. The molecule has 0 fully saturated rings. The van der Waals surface area contributed by atoms with Crippen LogP contribution in [0.15, 0.2) is 42.7 Å². The molecule has 0 aliphatic carbocycles. The quantitative estimate of drug-likeness (QED) is 0.637. The highest BCUT2D eigenvalue weighted by atomic mass is 35.5. The van der Waals surface area contributed by atoms with Crippen molar-refractivity contribution in [2.24, 2.45) is 0 Å². The molecule has 0 saturated carbocycles. The largest absolute Gasteiger partial charge is 0.462 e. The van der Waals surface area contributed by atoms with Crippen LogP contribution < -0.4 is 10.6 Å². The van der Waals surface area contributed by atoms with E-state index in [4.69, 9.17) is 28.6 Å². The number of carbonyl (C=O) groups excluding carboxylic acids is 1. The van der Waals surface area contributed by atoms with Crippen molar-refractivity contribution in [2.75, 3.05) is 11.9 Å². The predicted molar refractivity (Wildman–Crippen MR) is 94.7 cm³/mol. The molecule has 0 atom stereocenters. The second kappa shape index (κ2) is 8.45. The van der Waals surface area contributed by atoms with Gasteiger partial charge in [0.25, 0.3) is 0 Å². The van der Waals surface area contributed by atoms with Gasteiger partial charge in [-0.2, -0.15) is 0 Å². The Morgan fingerprint density at radius 2 is 2.04 bits per heavy atom. The first-order valence-corrected chi connectivity index (χ1v) is 7.79. The summed E-state index contributed by atoms with van der Waals surface area (Å²) in [5.74, 6) is -0.461. The molecule has 2 N–H and O–H groups in total. The topological polar surface area (TPSA) is 63.2 Å². The molecular weight excluding hydrogens is 334 g/mol. The van der Waals surface area contributed by atoms with E-state index in [0.717, 1.165) is 5.56 Å². The van der Waals surface area contributed by atoms with E-state index >= 15 is 0 Å². The zero-order chi connectivity index (χ0) is 16.7. The van der Waals surface area contributed by atoms with Gasteiger partial charge in [-0.1, -0.05) is 11.6 Å². The first-order chi connectivity index (χ1) is 11.1. The number of esters is 1. The molecule has 7 heteroatoms. The van der Waals surface area contributed by atoms with E-state index in [1.54, 1.807) is 37.5 Å². The fourth-order valence-corrected chi connectivity index (χ4v) is 2.21. The van der Waals surface area contributed by atoms with Crippen LogP contribution >= 0.6 is 23.8 Å². The zero-order valence-electron chi connectivity index (χ0n) is 12.5. The lowest BCUT2D eigenvalue weighted by Gasteiger charge is -2.12. The Kier molecular flexibility index (Phi) is 6.31. The highest BCUT2D eigenvalue weighted by molar-refractivity contribution is 7.80. The van der Waals surface area contributed by atoms with Crippen LogP contribution in [-0.2, 0) is 11.3 Å². The van der Waals surface area contributed by atoms with E-state index < -0.39 is 5.97 Å². The summed E-state index contributed by atoms with van der Waals surface area (Å²) < 4.78 is 4.97. The van der Waals surface area contributed by atoms with Gasteiger partial charge < -0.3 is 15.4 Å². The first kappa shape index (κ1) is 17.2. The third-order valence-electron chi connectivity index (χ3n) is 2.92. The van der Waals surface area contributed by atoms with Crippen LogP contribution in [0, 0.1) is 0 Å². The lowest BCUT2D eigenvalue weighted by molar-refractivity contribution is 0.0526. The van der Waals surface area contributed by atoms with Gasteiger partial charge in [0.2, 0.25) is 0 Å². The minimum Gasteiger partial charge on any atom is -0.462 e. The summed E-state index contributed by atoms with van der Waals surface area (Å²) in [6.07, 6.45) is 3.44. The van der Waals surface area contributed by atoms with Crippen molar-refractivity contribution in [3.05, 3.63) is 58.9 Å². The Balaban J connectivity index is 1.98. The minimum atomic E-state index is -0.461. The molecule has 0 aliphatic heterocycles. The van der Waals surface area contributed by atoms with Gasteiger partial charge in [-0.3, -0.25) is 4.98 Å². The van der Waals surface area contributed by atoms with E-state index in [1.165, 1.54) is 0 Å². The maximum absolute atomic E-state index is 11.8. The number of rotatable bonds is 5. The van der Waals surface area contributed by atoms with Crippen molar-refractivity contribution >= 4 is 40.6 Å². The number of carbonyl (C=O) groups is 1. The number of aromatic nitrogens is 1. The number of thiocarbonyl (C=S) groups is 1. The summed E-state index contributed by atoms with van der Waals surface area (Å²) in [5.41, 5.74) is 2.02. The molecule has 1 heterocycles. The lowest BCUT2D eigenvalue weighted by Crippen LogP contribution is -2.28. The number of anilines is 1. The average molecular weight is 350 g/mol. The summed E-state index contributed by atoms with van der Waals surface area (Å²) in [5, 5.41) is 6.88. The van der Waals surface area contributed by atoms with Crippen molar-refractivity contribution in [1.82, 2.24) is 10.3 Å². The van der Waals surface area contributed by atoms with Gasteiger partial charge >= 0.3 is 5.97 Å². The number of hydrogen-bond donors (Lipinski definition) is 2. The molecule has 0 saturated heterocycles. The van der Waals surface area contributed by atoms with Crippen LogP contribution in [-0.4, -0.2) is 22.7 Å². The maximum Gasteiger partial charge on any atom is 0.339 e. The van der Waals surface area contributed by atoms with Crippen molar-refractivity contribution in [3.8, 4) is 0 Å². The second-order valence-corrected chi connectivity index (χ2v) is 5.39. The van der Waals surface area contributed by atoms with Crippen LogP contribution in [0.4, 0.5) is 5.69 Å². The predicted octanol–water partition coefficient (Wildman–Crippen LogP) is 3.40. The summed E-state index contributed by atoms with van der Waals surface area (Å²) in [6, 6.07) is 8.78. The van der Waals surface area contributed by atoms with E-state index in [9.17, 15) is 4.79 Å². The minimum absolute atomic E-state index is 0.290. The Bertz CT molecular complexity index is 695. The molecule has 0 spiro atoms. The van der Waals surface area contributed by atoms with E-state index in [2.05, 4.69) is 15.6 Å². The summed E-state index contributed by atoms with van der Waals surface area (Å²) in [6.45, 7) is 2.61. The molecule has 2 aromatic rings. The van der Waals surface area contributed by atoms with Crippen LogP contribution in [0.25, 0.3) is 0 Å². The van der Waals surface area contributed by atoms with Crippen molar-refractivity contribution in [3.63, 3.8) is 0 Å². The average Bonchev–Trinajstić information content (AvgIpc) is 2.56. The molecule has 0 unspecified atom stereocenters. The SMILES string of the molecule is CCOC(=O)c1cc(NC(=S)NCc2ccncc2)ccc1Cl. The van der Waals surface area contributed by atoms with Gasteiger partial charge in [0.1, 0.15) is 0 Å². The number of hydrogen-bond acceptors (Lipinski definition) is 4.